The molecule has 0 spiro atoms. The standard InChI is InChI=1S/C10H18F3N3O/c1-17-7-2-4-16(5-3-7)6-8(9(14)15)10(11,12)13/h7-8H,2-6H2,1H3,(H3,14,15). The second kappa shape index (κ2) is 5.68. The van der Waals surface area contributed by atoms with E-state index in [0.717, 1.165) is 12.8 Å². The molecule has 0 aromatic heterocycles. The molecule has 1 fully saturated rings. The summed E-state index contributed by atoms with van der Waals surface area (Å²) in [4.78, 5) is 1.69. The van der Waals surface area contributed by atoms with E-state index in [-0.39, 0.29) is 12.6 Å². The predicted molar refractivity (Wildman–Crippen MR) is 57.9 cm³/mol. The summed E-state index contributed by atoms with van der Waals surface area (Å²) >= 11 is 0. The second-order valence-corrected chi connectivity index (χ2v) is 4.29. The van der Waals surface area contributed by atoms with Gasteiger partial charge in [0.05, 0.1) is 6.10 Å². The molecule has 0 saturated carbocycles. The molecule has 1 aliphatic rings. The molecule has 100 valence electrons. The normalized spacial score (nSPS) is 21.4. The third-order valence-electron chi connectivity index (χ3n) is 3.08. The van der Waals surface area contributed by atoms with E-state index in [4.69, 9.17) is 15.9 Å². The Morgan fingerprint density at radius 3 is 2.35 bits per heavy atom. The maximum atomic E-state index is 12.6. The van der Waals surface area contributed by atoms with Crippen LogP contribution in [0.15, 0.2) is 0 Å². The number of alkyl halides is 3. The van der Waals surface area contributed by atoms with Crippen molar-refractivity contribution in [3.05, 3.63) is 0 Å². The molecule has 1 atom stereocenters. The summed E-state index contributed by atoms with van der Waals surface area (Å²) in [6.07, 6.45) is -2.87. The van der Waals surface area contributed by atoms with Crippen LogP contribution in [0.4, 0.5) is 13.2 Å². The van der Waals surface area contributed by atoms with Crippen LogP contribution in [0, 0.1) is 11.3 Å². The number of piperidine rings is 1. The summed E-state index contributed by atoms with van der Waals surface area (Å²) in [7, 11) is 1.61. The quantitative estimate of drug-likeness (QED) is 0.585. The molecule has 1 saturated heterocycles. The van der Waals surface area contributed by atoms with Crippen molar-refractivity contribution in [1.29, 1.82) is 5.41 Å². The number of hydrogen-bond donors (Lipinski definition) is 2. The van der Waals surface area contributed by atoms with Crippen LogP contribution in [-0.2, 0) is 4.74 Å². The fourth-order valence-electron chi connectivity index (χ4n) is 1.96. The molecule has 7 heteroatoms. The maximum Gasteiger partial charge on any atom is 0.399 e. The Hall–Kier alpha value is -0.820. The Kier molecular flexibility index (Phi) is 4.76. The number of nitrogens with zero attached hydrogens (tertiary/aromatic N) is 1. The fourth-order valence-corrected chi connectivity index (χ4v) is 1.96. The number of rotatable bonds is 4. The average Bonchev–Trinajstić information content (AvgIpc) is 2.24. The van der Waals surface area contributed by atoms with Crippen LogP contribution in [0.2, 0.25) is 0 Å². The summed E-state index contributed by atoms with van der Waals surface area (Å²) < 4.78 is 42.9. The van der Waals surface area contributed by atoms with Crippen LogP contribution in [-0.4, -0.2) is 49.8 Å². The smallest absolute Gasteiger partial charge is 0.387 e. The number of methoxy groups -OCH3 is 1. The van der Waals surface area contributed by atoms with Gasteiger partial charge < -0.3 is 15.4 Å². The van der Waals surface area contributed by atoms with Crippen molar-refractivity contribution in [2.24, 2.45) is 11.7 Å². The third-order valence-corrected chi connectivity index (χ3v) is 3.08. The van der Waals surface area contributed by atoms with Gasteiger partial charge in [-0.1, -0.05) is 0 Å². The van der Waals surface area contributed by atoms with E-state index in [1.165, 1.54) is 0 Å². The van der Waals surface area contributed by atoms with Crippen molar-refractivity contribution in [3.63, 3.8) is 0 Å². The van der Waals surface area contributed by atoms with Crippen molar-refractivity contribution in [2.45, 2.75) is 25.1 Å². The molecule has 0 amide bonds. The third kappa shape index (κ3) is 4.16. The zero-order valence-electron chi connectivity index (χ0n) is 9.76. The first-order valence-corrected chi connectivity index (χ1v) is 5.50. The largest absolute Gasteiger partial charge is 0.399 e. The highest BCUT2D eigenvalue weighted by Crippen LogP contribution is 2.27. The Morgan fingerprint density at radius 1 is 1.47 bits per heavy atom. The van der Waals surface area contributed by atoms with E-state index < -0.39 is 17.9 Å². The van der Waals surface area contributed by atoms with Gasteiger partial charge in [-0.25, -0.2) is 0 Å². The Balaban J connectivity index is 2.50. The van der Waals surface area contributed by atoms with Crippen molar-refractivity contribution < 1.29 is 17.9 Å². The topological polar surface area (TPSA) is 62.3 Å². The van der Waals surface area contributed by atoms with Gasteiger partial charge in [0.2, 0.25) is 0 Å². The molecule has 0 aromatic rings. The highest BCUT2D eigenvalue weighted by atomic mass is 19.4. The molecule has 1 unspecified atom stereocenters. The molecule has 1 aliphatic heterocycles. The number of nitrogens with two attached hydrogens (primary N) is 1. The van der Waals surface area contributed by atoms with E-state index in [2.05, 4.69) is 0 Å². The molecule has 1 heterocycles. The molecule has 17 heavy (non-hydrogen) atoms. The lowest BCUT2D eigenvalue weighted by molar-refractivity contribution is -0.161. The lowest BCUT2D eigenvalue weighted by Crippen LogP contribution is -2.47. The van der Waals surface area contributed by atoms with Crippen molar-refractivity contribution in [3.8, 4) is 0 Å². The summed E-state index contributed by atoms with van der Waals surface area (Å²) in [5, 5.41) is 7.01. The Labute approximate surface area is 98.4 Å². The van der Waals surface area contributed by atoms with E-state index in [0.29, 0.717) is 13.1 Å². The lowest BCUT2D eigenvalue weighted by Gasteiger charge is -2.33. The van der Waals surface area contributed by atoms with Crippen LogP contribution in [0.25, 0.3) is 0 Å². The van der Waals surface area contributed by atoms with Gasteiger partial charge >= 0.3 is 6.18 Å². The van der Waals surface area contributed by atoms with Gasteiger partial charge in [-0.3, -0.25) is 5.41 Å². The van der Waals surface area contributed by atoms with Gasteiger partial charge in [-0.15, -0.1) is 0 Å². The molecule has 0 radical (unpaired) electrons. The van der Waals surface area contributed by atoms with Crippen LogP contribution in [0.1, 0.15) is 12.8 Å². The minimum atomic E-state index is -4.44. The monoisotopic (exact) mass is 253 g/mol. The highest BCUT2D eigenvalue weighted by Gasteiger charge is 2.43. The van der Waals surface area contributed by atoms with E-state index in [1.54, 1.807) is 12.0 Å². The van der Waals surface area contributed by atoms with E-state index in [1.807, 2.05) is 0 Å². The fraction of sp³-hybridized carbons (Fsp3) is 0.900. The van der Waals surface area contributed by atoms with Gasteiger partial charge in [0.15, 0.2) is 0 Å². The highest BCUT2D eigenvalue weighted by molar-refractivity contribution is 5.80. The molecular weight excluding hydrogens is 235 g/mol. The first-order chi connectivity index (χ1) is 7.84. The number of likely N-dealkylation sites (tertiary alicyclic amines) is 1. The second-order valence-electron chi connectivity index (χ2n) is 4.29. The molecule has 4 nitrogen and oxygen atoms in total. The van der Waals surface area contributed by atoms with Crippen LogP contribution >= 0.6 is 0 Å². The molecule has 0 bridgehead atoms. The van der Waals surface area contributed by atoms with Crippen LogP contribution in [0.5, 0.6) is 0 Å². The molecule has 0 aromatic carbocycles. The number of hydrogen-bond acceptors (Lipinski definition) is 3. The number of amidine groups is 1. The summed E-state index contributed by atoms with van der Waals surface area (Å²) in [5.74, 6) is -2.67. The number of halogens is 3. The first-order valence-electron chi connectivity index (χ1n) is 5.50. The van der Waals surface area contributed by atoms with Gasteiger partial charge in [-0.2, -0.15) is 13.2 Å². The molecule has 3 N–H and O–H groups in total. The average molecular weight is 253 g/mol. The van der Waals surface area contributed by atoms with Crippen LogP contribution in [0.3, 0.4) is 0 Å². The van der Waals surface area contributed by atoms with E-state index in [9.17, 15) is 13.2 Å². The minimum absolute atomic E-state index is 0.132. The number of nitrogens with one attached hydrogen (secondary N) is 1. The minimum Gasteiger partial charge on any atom is -0.387 e. The van der Waals surface area contributed by atoms with Gasteiger partial charge in [0.25, 0.3) is 0 Å². The SMILES string of the molecule is COC1CCN(CC(C(=N)N)C(F)(F)F)CC1. The van der Waals surface area contributed by atoms with Crippen molar-refractivity contribution >= 4 is 5.84 Å². The van der Waals surface area contributed by atoms with E-state index >= 15 is 0 Å². The lowest BCUT2D eigenvalue weighted by atomic mass is 10.0. The first kappa shape index (κ1) is 14.2. The van der Waals surface area contributed by atoms with Gasteiger partial charge in [0.1, 0.15) is 11.8 Å². The Bertz CT molecular complexity index is 262. The molecule has 1 rings (SSSR count). The molecule has 0 aliphatic carbocycles. The zero-order valence-corrected chi connectivity index (χ0v) is 9.76. The maximum absolute atomic E-state index is 12.6. The zero-order chi connectivity index (χ0) is 13.1. The number of ether oxygens (including phenoxy) is 1. The summed E-state index contributed by atoms with van der Waals surface area (Å²) in [6, 6.07) is 0. The molecular formula is C10H18F3N3O. The Morgan fingerprint density at radius 2 is 2.00 bits per heavy atom. The van der Waals surface area contributed by atoms with Crippen LogP contribution < -0.4 is 5.73 Å². The summed E-state index contributed by atoms with van der Waals surface area (Å²) in [6.45, 7) is 0.881. The van der Waals surface area contributed by atoms with Gasteiger partial charge in [0, 0.05) is 26.7 Å². The summed E-state index contributed by atoms with van der Waals surface area (Å²) in [5.41, 5.74) is 5.01. The predicted octanol–water partition coefficient (Wildman–Crippen LogP) is 1.21. The van der Waals surface area contributed by atoms with Crippen molar-refractivity contribution in [2.75, 3.05) is 26.7 Å². The van der Waals surface area contributed by atoms with Gasteiger partial charge in [-0.05, 0) is 12.8 Å². The van der Waals surface area contributed by atoms with Crippen molar-refractivity contribution in [1.82, 2.24) is 4.90 Å².